The summed E-state index contributed by atoms with van der Waals surface area (Å²) in [5.74, 6) is -1.14. The predicted octanol–water partition coefficient (Wildman–Crippen LogP) is 0.752. The number of hydrogen-bond acceptors (Lipinski definition) is 4. The van der Waals surface area contributed by atoms with Crippen molar-refractivity contribution < 1.29 is 23.1 Å². The molecule has 2 amide bonds. The molecule has 8 heteroatoms. The number of hydrogen-bond donors (Lipinski definition) is 3. The van der Waals surface area contributed by atoms with Crippen molar-refractivity contribution in [2.45, 2.75) is 51.1 Å². The van der Waals surface area contributed by atoms with Crippen molar-refractivity contribution in [3.05, 3.63) is 0 Å². The highest BCUT2D eigenvalue weighted by molar-refractivity contribution is 7.90. The van der Waals surface area contributed by atoms with Crippen molar-refractivity contribution >= 4 is 21.8 Å². The molecule has 0 heterocycles. The Morgan fingerprint density at radius 1 is 1.29 bits per heavy atom. The molecule has 1 rings (SSSR count). The normalized spacial score (nSPS) is 24.1. The Kier molecular flexibility index (Phi) is 6.44. The van der Waals surface area contributed by atoms with Crippen molar-refractivity contribution in [1.82, 2.24) is 10.6 Å². The van der Waals surface area contributed by atoms with E-state index in [0.717, 1.165) is 31.9 Å². The summed E-state index contributed by atoms with van der Waals surface area (Å²) in [5, 5.41) is 14.2. The minimum absolute atomic E-state index is 0.0445. The van der Waals surface area contributed by atoms with E-state index in [9.17, 15) is 18.0 Å². The highest BCUT2D eigenvalue weighted by Crippen LogP contribution is 2.23. The number of carboxylic acid groups (broad SMARTS) is 1. The van der Waals surface area contributed by atoms with Crippen LogP contribution in [0.15, 0.2) is 0 Å². The Morgan fingerprint density at radius 2 is 1.90 bits per heavy atom. The number of urea groups is 1. The molecular formula is C13H24N2O5S. The number of aliphatic carboxylic acids is 1. The third-order valence-corrected chi connectivity index (χ3v) is 4.79. The van der Waals surface area contributed by atoms with E-state index in [1.165, 1.54) is 0 Å². The van der Waals surface area contributed by atoms with Crippen LogP contribution < -0.4 is 10.6 Å². The largest absolute Gasteiger partial charge is 0.480 e. The lowest BCUT2D eigenvalue weighted by molar-refractivity contribution is -0.139. The van der Waals surface area contributed by atoms with Gasteiger partial charge in [0.2, 0.25) is 0 Å². The molecule has 1 aliphatic carbocycles. The molecule has 122 valence electrons. The molecule has 1 aliphatic rings. The second kappa shape index (κ2) is 7.63. The van der Waals surface area contributed by atoms with Crippen LogP contribution in [0.3, 0.4) is 0 Å². The Balaban J connectivity index is 2.50. The molecule has 7 nitrogen and oxygen atoms in total. The van der Waals surface area contributed by atoms with Crippen LogP contribution in [-0.4, -0.2) is 49.6 Å². The molecule has 21 heavy (non-hydrogen) atoms. The number of rotatable bonds is 6. The van der Waals surface area contributed by atoms with Gasteiger partial charge in [0.25, 0.3) is 0 Å². The Labute approximate surface area is 125 Å². The molecule has 0 spiro atoms. The van der Waals surface area contributed by atoms with E-state index < -0.39 is 27.9 Å². The maximum atomic E-state index is 11.9. The zero-order chi connectivity index (χ0) is 16.0. The molecule has 0 radical (unpaired) electrons. The summed E-state index contributed by atoms with van der Waals surface area (Å²) in [7, 11) is -3.26. The van der Waals surface area contributed by atoms with Crippen LogP contribution in [0, 0.1) is 5.92 Å². The van der Waals surface area contributed by atoms with Crippen molar-refractivity contribution in [3.8, 4) is 0 Å². The van der Waals surface area contributed by atoms with Gasteiger partial charge in [-0.05, 0) is 25.2 Å². The summed E-state index contributed by atoms with van der Waals surface area (Å²) < 4.78 is 22.2. The first kappa shape index (κ1) is 17.7. The number of carbonyl (C=O) groups is 2. The van der Waals surface area contributed by atoms with Gasteiger partial charge in [0, 0.05) is 12.3 Å². The van der Waals surface area contributed by atoms with Crippen molar-refractivity contribution in [3.63, 3.8) is 0 Å². The van der Waals surface area contributed by atoms with Gasteiger partial charge in [-0.1, -0.05) is 19.8 Å². The lowest BCUT2D eigenvalue weighted by Gasteiger charge is -2.30. The molecule has 0 aromatic rings. The molecule has 1 fully saturated rings. The van der Waals surface area contributed by atoms with Gasteiger partial charge in [-0.2, -0.15) is 0 Å². The summed E-state index contributed by atoms with van der Waals surface area (Å²) in [4.78, 5) is 22.9. The van der Waals surface area contributed by atoms with Crippen LogP contribution >= 0.6 is 0 Å². The number of nitrogens with one attached hydrogen (secondary N) is 2. The summed E-state index contributed by atoms with van der Waals surface area (Å²) >= 11 is 0. The fourth-order valence-corrected chi connectivity index (χ4v) is 3.15. The molecule has 0 bridgehead atoms. The van der Waals surface area contributed by atoms with Crippen LogP contribution in [-0.2, 0) is 14.6 Å². The van der Waals surface area contributed by atoms with Crippen LogP contribution in [0.5, 0.6) is 0 Å². The van der Waals surface area contributed by atoms with Gasteiger partial charge in [-0.25, -0.2) is 18.0 Å². The molecular weight excluding hydrogens is 296 g/mol. The molecule has 3 atom stereocenters. The van der Waals surface area contributed by atoms with E-state index in [0.29, 0.717) is 5.92 Å². The number of carbonyl (C=O) groups excluding carboxylic acids is 1. The molecule has 0 saturated heterocycles. The van der Waals surface area contributed by atoms with Gasteiger partial charge in [-0.3, -0.25) is 0 Å². The minimum atomic E-state index is -3.26. The summed E-state index contributed by atoms with van der Waals surface area (Å²) in [6.45, 7) is 2.06. The molecule has 3 unspecified atom stereocenters. The van der Waals surface area contributed by atoms with E-state index in [2.05, 4.69) is 17.6 Å². The Hall–Kier alpha value is -1.31. The highest BCUT2D eigenvalue weighted by atomic mass is 32.2. The van der Waals surface area contributed by atoms with Crippen LogP contribution in [0.1, 0.15) is 39.0 Å². The van der Waals surface area contributed by atoms with Gasteiger partial charge in [-0.15, -0.1) is 0 Å². The number of sulfone groups is 1. The molecule has 0 aromatic carbocycles. The number of amides is 2. The molecule has 0 aromatic heterocycles. The average Bonchev–Trinajstić information content (AvgIpc) is 2.36. The summed E-state index contributed by atoms with van der Waals surface area (Å²) in [6, 6.07) is -1.70. The zero-order valence-corrected chi connectivity index (χ0v) is 13.3. The van der Waals surface area contributed by atoms with Crippen LogP contribution in [0.4, 0.5) is 4.79 Å². The first-order valence-electron chi connectivity index (χ1n) is 7.16. The lowest BCUT2D eigenvalue weighted by atomic mass is 9.86. The Morgan fingerprint density at radius 3 is 2.43 bits per heavy atom. The first-order chi connectivity index (χ1) is 9.69. The van der Waals surface area contributed by atoms with Gasteiger partial charge in [0.15, 0.2) is 0 Å². The van der Waals surface area contributed by atoms with Gasteiger partial charge < -0.3 is 15.7 Å². The zero-order valence-electron chi connectivity index (χ0n) is 12.5. The van der Waals surface area contributed by atoms with E-state index >= 15 is 0 Å². The quantitative estimate of drug-likeness (QED) is 0.668. The van der Waals surface area contributed by atoms with E-state index in [-0.39, 0.29) is 18.2 Å². The van der Waals surface area contributed by atoms with E-state index in [1.54, 1.807) is 0 Å². The third kappa shape index (κ3) is 6.79. The van der Waals surface area contributed by atoms with Crippen molar-refractivity contribution in [2.24, 2.45) is 5.92 Å². The van der Waals surface area contributed by atoms with E-state index in [4.69, 9.17) is 5.11 Å². The van der Waals surface area contributed by atoms with E-state index in [1.807, 2.05) is 0 Å². The van der Waals surface area contributed by atoms with Gasteiger partial charge >= 0.3 is 12.0 Å². The fraction of sp³-hybridized carbons (Fsp3) is 0.846. The maximum absolute atomic E-state index is 11.9. The number of carboxylic acids is 1. The molecule has 1 saturated carbocycles. The average molecular weight is 320 g/mol. The second-order valence-corrected chi connectivity index (χ2v) is 8.06. The predicted molar refractivity (Wildman–Crippen MR) is 78.8 cm³/mol. The van der Waals surface area contributed by atoms with Gasteiger partial charge in [0.1, 0.15) is 15.9 Å². The SMILES string of the molecule is CC1CCCCC1NC(=O)NC(CCS(C)(=O)=O)C(=O)O. The monoisotopic (exact) mass is 320 g/mol. The summed E-state index contributed by atoms with van der Waals surface area (Å²) in [6.07, 6.45) is 5.02. The van der Waals surface area contributed by atoms with Crippen molar-refractivity contribution in [2.75, 3.05) is 12.0 Å². The third-order valence-electron chi connectivity index (χ3n) is 3.81. The standard InChI is InChI=1S/C13H24N2O5S/c1-9-5-3-4-6-10(9)14-13(18)15-11(12(16)17)7-8-21(2,19)20/h9-11H,3-8H2,1-2H3,(H,16,17)(H2,14,15,18). The smallest absolute Gasteiger partial charge is 0.326 e. The van der Waals surface area contributed by atoms with Crippen molar-refractivity contribution in [1.29, 1.82) is 0 Å². The highest BCUT2D eigenvalue weighted by Gasteiger charge is 2.26. The van der Waals surface area contributed by atoms with Crippen LogP contribution in [0.25, 0.3) is 0 Å². The fourth-order valence-electron chi connectivity index (χ4n) is 2.49. The first-order valence-corrected chi connectivity index (χ1v) is 9.22. The topological polar surface area (TPSA) is 113 Å². The lowest BCUT2D eigenvalue weighted by Crippen LogP contribution is -2.51. The molecule has 0 aliphatic heterocycles. The Bertz CT molecular complexity index is 477. The van der Waals surface area contributed by atoms with Crippen LogP contribution in [0.2, 0.25) is 0 Å². The minimum Gasteiger partial charge on any atom is -0.480 e. The molecule has 3 N–H and O–H groups in total. The van der Waals surface area contributed by atoms with Gasteiger partial charge in [0.05, 0.1) is 5.75 Å². The second-order valence-electron chi connectivity index (χ2n) is 5.80. The maximum Gasteiger partial charge on any atom is 0.326 e. The summed E-state index contributed by atoms with van der Waals surface area (Å²) in [5.41, 5.74) is 0.